The molecule has 0 bridgehead atoms. The van der Waals surface area contributed by atoms with E-state index < -0.39 is 0 Å². The molecule has 48 heavy (non-hydrogen) atoms. The van der Waals surface area contributed by atoms with Crippen LogP contribution in [0.25, 0.3) is 0 Å². The molecular weight excluding hydrogens is 598 g/mol. The normalized spacial score (nSPS) is 11.5. The van der Waals surface area contributed by atoms with Crippen LogP contribution in [0.5, 0.6) is 0 Å². The molecule has 0 aromatic rings. The number of esters is 2. The summed E-state index contributed by atoms with van der Waals surface area (Å²) in [5, 5.41) is 9.37. The molecule has 0 atom stereocenters. The third-order valence-corrected chi connectivity index (χ3v) is 9.66. The first-order valence-corrected chi connectivity index (χ1v) is 21.3. The Kier molecular flexibility index (Phi) is 37.7. The van der Waals surface area contributed by atoms with Gasteiger partial charge in [-0.05, 0) is 77.3 Å². The molecule has 0 aliphatic rings. The van der Waals surface area contributed by atoms with Crippen LogP contribution in [0.15, 0.2) is 0 Å². The molecule has 0 aliphatic carbocycles. The number of aliphatic hydroxyl groups is 1. The maximum atomic E-state index is 12.7. The minimum Gasteiger partial charge on any atom is -0.466 e. The van der Waals surface area contributed by atoms with Crippen LogP contribution in [0.4, 0.5) is 0 Å². The first kappa shape index (κ1) is 46.9. The van der Waals surface area contributed by atoms with E-state index in [1.807, 2.05) is 0 Å². The van der Waals surface area contributed by atoms with E-state index in [4.69, 9.17) is 9.47 Å². The van der Waals surface area contributed by atoms with Gasteiger partial charge in [0.15, 0.2) is 0 Å². The molecule has 0 heterocycles. The van der Waals surface area contributed by atoms with E-state index in [0.29, 0.717) is 19.4 Å². The van der Waals surface area contributed by atoms with Crippen molar-refractivity contribution in [3.63, 3.8) is 0 Å². The molecule has 0 saturated heterocycles. The van der Waals surface area contributed by atoms with Gasteiger partial charge in [0, 0.05) is 26.0 Å². The van der Waals surface area contributed by atoms with E-state index in [9.17, 15) is 14.7 Å². The second-order valence-corrected chi connectivity index (χ2v) is 14.5. The zero-order valence-electron chi connectivity index (χ0n) is 32.6. The van der Waals surface area contributed by atoms with Crippen molar-refractivity contribution < 1.29 is 24.2 Å². The number of rotatable bonds is 39. The Labute approximate surface area is 299 Å². The number of nitrogens with zero attached hydrogens (tertiary/aromatic N) is 1. The minimum atomic E-state index is -0.0411. The summed E-state index contributed by atoms with van der Waals surface area (Å²) in [6.07, 6.45) is 35.2. The van der Waals surface area contributed by atoms with Gasteiger partial charge >= 0.3 is 11.9 Å². The van der Waals surface area contributed by atoms with Gasteiger partial charge in [-0.25, -0.2) is 0 Å². The Morgan fingerprint density at radius 1 is 0.479 bits per heavy atom. The fourth-order valence-electron chi connectivity index (χ4n) is 6.50. The number of unbranched alkanes of at least 4 members (excludes halogenated alkanes) is 21. The zero-order chi connectivity index (χ0) is 35.2. The molecule has 0 spiro atoms. The van der Waals surface area contributed by atoms with Crippen LogP contribution in [0.2, 0.25) is 0 Å². The average Bonchev–Trinajstić information content (AvgIpc) is 3.08. The van der Waals surface area contributed by atoms with Crippen molar-refractivity contribution in [2.75, 3.05) is 32.8 Å². The first-order valence-electron chi connectivity index (χ1n) is 21.3. The molecular formula is C42H83NO5. The lowest BCUT2D eigenvalue weighted by molar-refractivity contribution is -0.150. The molecule has 286 valence electrons. The first-order chi connectivity index (χ1) is 23.6. The monoisotopic (exact) mass is 682 g/mol. The molecule has 6 nitrogen and oxygen atoms in total. The number of ether oxygens (including phenoxy) is 2. The Bertz CT molecular complexity index is 656. The molecule has 0 fully saturated rings. The molecule has 0 aromatic heterocycles. The van der Waals surface area contributed by atoms with E-state index in [1.54, 1.807) is 0 Å². The van der Waals surface area contributed by atoms with Crippen LogP contribution in [0.1, 0.15) is 220 Å². The maximum absolute atomic E-state index is 12.7. The summed E-state index contributed by atoms with van der Waals surface area (Å²) in [7, 11) is 0. The van der Waals surface area contributed by atoms with Gasteiger partial charge in [0.1, 0.15) is 6.10 Å². The third-order valence-electron chi connectivity index (χ3n) is 9.66. The van der Waals surface area contributed by atoms with Crippen molar-refractivity contribution in [3.05, 3.63) is 0 Å². The summed E-state index contributed by atoms with van der Waals surface area (Å²) in [6, 6.07) is 0. The zero-order valence-corrected chi connectivity index (χ0v) is 32.6. The lowest BCUT2D eigenvalue weighted by Crippen LogP contribution is -2.28. The summed E-state index contributed by atoms with van der Waals surface area (Å²) < 4.78 is 11.4. The van der Waals surface area contributed by atoms with Crippen LogP contribution in [0, 0.1) is 0 Å². The number of hydrogen-bond acceptors (Lipinski definition) is 6. The van der Waals surface area contributed by atoms with Crippen molar-refractivity contribution in [3.8, 4) is 0 Å². The largest absolute Gasteiger partial charge is 0.466 e. The van der Waals surface area contributed by atoms with Gasteiger partial charge < -0.3 is 19.5 Å². The number of carbonyl (C=O) groups excluding carboxylic acids is 2. The molecule has 0 unspecified atom stereocenters. The van der Waals surface area contributed by atoms with Crippen LogP contribution < -0.4 is 0 Å². The fourth-order valence-corrected chi connectivity index (χ4v) is 6.50. The summed E-state index contributed by atoms with van der Waals surface area (Å²) in [5.41, 5.74) is 0. The van der Waals surface area contributed by atoms with Crippen molar-refractivity contribution in [1.82, 2.24) is 4.90 Å². The van der Waals surface area contributed by atoms with Crippen molar-refractivity contribution in [2.24, 2.45) is 0 Å². The van der Waals surface area contributed by atoms with E-state index in [-0.39, 0.29) is 24.6 Å². The molecule has 0 aliphatic heterocycles. The Balaban J connectivity index is 4.13. The SMILES string of the molecule is CCCCCCCCCOC(=O)CCCCCCN(CCCO)CCCCCC(=O)OC(CCCCCCCC)CCCCCCCC. The van der Waals surface area contributed by atoms with Crippen molar-refractivity contribution in [2.45, 2.75) is 226 Å². The predicted molar refractivity (Wildman–Crippen MR) is 205 cm³/mol. The van der Waals surface area contributed by atoms with E-state index in [0.717, 1.165) is 96.7 Å². The summed E-state index contributed by atoms with van der Waals surface area (Å²) >= 11 is 0. The van der Waals surface area contributed by atoms with E-state index in [2.05, 4.69) is 25.7 Å². The molecule has 0 rings (SSSR count). The Hall–Kier alpha value is -1.14. The quantitative estimate of drug-likeness (QED) is 0.0514. The molecule has 1 N–H and O–H groups in total. The van der Waals surface area contributed by atoms with Crippen LogP contribution in [0.3, 0.4) is 0 Å². The third kappa shape index (κ3) is 34.7. The van der Waals surface area contributed by atoms with Gasteiger partial charge in [0.2, 0.25) is 0 Å². The standard InChI is InChI=1S/C42H83NO5/c1-4-7-10-13-16-21-29-39-47-41(45)33-25-19-20-27-35-43(37-30-38-44)36-28-22-26-34-42(46)48-40(31-23-17-14-11-8-5-2)32-24-18-15-12-9-6-3/h40,44H,4-39H2,1-3H3. The smallest absolute Gasteiger partial charge is 0.306 e. The average molecular weight is 682 g/mol. The summed E-state index contributed by atoms with van der Waals surface area (Å²) in [6.45, 7) is 10.5. The summed E-state index contributed by atoms with van der Waals surface area (Å²) in [4.78, 5) is 27.2. The van der Waals surface area contributed by atoms with Gasteiger partial charge in [0.25, 0.3) is 0 Å². The fraction of sp³-hybridized carbons (Fsp3) is 0.952. The summed E-state index contributed by atoms with van der Waals surface area (Å²) in [5.74, 6) is -0.0450. The van der Waals surface area contributed by atoms with Gasteiger partial charge in [0.05, 0.1) is 6.61 Å². The van der Waals surface area contributed by atoms with E-state index >= 15 is 0 Å². The number of carbonyl (C=O) groups is 2. The lowest BCUT2D eigenvalue weighted by Gasteiger charge is -2.22. The second kappa shape index (κ2) is 38.7. The maximum Gasteiger partial charge on any atom is 0.306 e. The minimum absolute atomic E-state index is 0.00390. The van der Waals surface area contributed by atoms with Crippen LogP contribution in [-0.2, 0) is 19.1 Å². The highest BCUT2D eigenvalue weighted by Gasteiger charge is 2.14. The second-order valence-electron chi connectivity index (χ2n) is 14.5. The highest BCUT2D eigenvalue weighted by molar-refractivity contribution is 5.69. The molecule has 0 radical (unpaired) electrons. The van der Waals surface area contributed by atoms with Gasteiger partial charge in [-0.1, -0.05) is 143 Å². The van der Waals surface area contributed by atoms with Crippen molar-refractivity contribution in [1.29, 1.82) is 0 Å². The molecule has 6 heteroatoms. The topological polar surface area (TPSA) is 76.1 Å². The predicted octanol–water partition coefficient (Wildman–Crippen LogP) is 11.9. The molecule has 0 saturated carbocycles. The number of aliphatic hydroxyl groups excluding tert-OH is 1. The van der Waals surface area contributed by atoms with Crippen molar-refractivity contribution >= 4 is 11.9 Å². The van der Waals surface area contributed by atoms with Crippen LogP contribution in [-0.4, -0.2) is 60.9 Å². The van der Waals surface area contributed by atoms with Gasteiger partial charge in [-0.3, -0.25) is 9.59 Å². The Morgan fingerprint density at radius 2 is 0.875 bits per heavy atom. The van der Waals surface area contributed by atoms with Gasteiger partial charge in [-0.2, -0.15) is 0 Å². The van der Waals surface area contributed by atoms with E-state index in [1.165, 1.54) is 109 Å². The molecule has 0 aromatic carbocycles. The number of hydrogen-bond donors (Lipinski definition) is 1. The Morgan fingerprint density at radius 3 is 1.40 bits per heavy atom. The highest BCUT2D eigenvalue weighted by atomic mass is 16.5. The van der Waals surface area contributed by atoms with Gasteiger partial charge in [-0.15, -0.1) is 0 Å². The van der Waals surface area contributed by atoms with Crippen LogP contribution >= 0.6 is 0 Å². The highest BCUT2D eigenvalue weighted by Crippen LogP contribution is 2.18. The lowest BCUT2D eigenvalue weighted by atomic mass is 10.0. The molecule has 0 amide bonds.